The molecule has 1 unspecified atom stereocenters. The van der Waals surface area contributed by atoms with Gasteiger partial charge in [0.1, 0.15) is 6.67 Å². The molecule has 0 aromatic heterocycles. The van der Waals surface area contributed by atoms with Gasteiger partial charge >= 0.3 is 6.18 Å². The number of halogens is 6. The molecule has 0 aliphatic heterocycles. The van der Waals surface area contributed by atoms with Gasteiger partial charge in [-0.25, -0.2) is 4.39 Å². The van der Waals surface area contributed by atoms with Crippen LogP contribution in [0.1, 0.15) is 13.8 Å². The lowest BCUT2D eigenvalue weighted by molar-refractivity contribution is -0.133. The largest absolute Gasteiger partial charge is 0.407 e. The van der Waals surface area contributed by atoms with Gasteiger partial charge in [0.15, 0.2) is 5.38 Å². The second kappa shape index (κ2) is 6.78. The molecule has 0 amide bonds. The van der Waals surface area contributed by atoms with E-state index in [1.165, 1.54) is 0 Å². The van der Waals surface area contributed by atoms with Gasteiger partial charge in [0.05, 0.1) is 0 Å². The molecule has 0 aliphatic rings. The molecular formula is C6H10Cl2F4. The maximum atomic E-state index is 11.1. The molecule has 0 aromatic carbocycles. The molecule has 0 radical (unpaired) electrons. The molecule has 0 saturated carbocycles. The summed E-state index contributed by atoms with van der Waals surface area (Å²) in [4.78, 5) is 0. The molecule has 0 nitrogen and oxygen atoms in total. The minimum absolute atomic E-state index is 0.306. The monoisotopic (exact) mass is 228 g/mol. The van der Waals surface area contributed by atoms with E-state index in [4.69, 9.17) is 11.6 Å². The van der Waals surface area contributed by atoms with Crippen molar-refractivity contribution in [2.45, 2.75) is 30.8 Å². The van der Waals surface area contributed by atoms with E-state index in [9.17, 15) is 17.6 Å². The van der Waals surface area contributed by atoms with Crippen molar-refractivity contribution in [3.63, 3.8) is 0 Å². The van der Waals surface area contributed by atoms with Gasteiger partial charge in [0.25, 0.3) is 0 Å². The lowest BCUT2D eigenvalue weighted by Gasteiger charge is -2.07. The van der Waals surface area contributed by atoms with Crippen LogP contribution in [0.2, 0.25) is 0 Å². The summed E-state index contributed by atoms with van der Waals surface area (Å²) >= 11 is 9.72. The van der Waals surface area contributed by atoms with Crippen molar-refractivity contribution in [1.82, 2.24) is 0 Å². The highest BCUT2D eigenvalue weighted by Gasteiger charge is 2.37. The lowest BCUT2D eigenvalue weighted by Crippen LogP contribution is -2.24. The van der Waals surface area contributed by atoms with Crippen molar-refractivity contribution in [1.29, 1.82) is 0 Å². The molecule has 0 saturated heterocycles. The molecule has 0 N–H and O–H groups in total. The standard InChI is InChI=1S/C3H3ClF4.C3H7Cl/c4-2(1-5)3(6,7)8;1-3(2)4/h2H,1H2;3H,1-2H3. The average molecular weight is 229 g/mol. The second-order valence-corrected chi connectivity index (χ2v) is 3.58. The second-order valence-electron chi connectivity index (χ2n) is 2.18. The Kier molecular flexibility index (Phi) is 8.36. The first-order valence-electron chi connectivity index (χ1n) is 3.12. The molecule has 76 valence electrons. The van der Waals surface area contributed by atoms with E-state index in [0.29, 0.717) is 5.38 Å². The van der Waals surface area contributed by atoms with Crippen LogP contribution in [0.5, 0.6) is 0 Å². The van der Waals surface area contributed by atoms with E-state index in [1.807, 2.05) is 13.8 Å². The van der Waals surface area contributed by atoms with Gasteiger partial charge < -0.3 is 0 Å². The Morgan fingerprint density at radius 1 is 1.17 bits per heavy atom. The summed E-state index contributed by atoms with van der Waals surface area (Å²) in [5.74, 6) is 0. The van der Waals surface area contributed by atoms with E-state index in [2.05, 4.69) is 11.6 Å². The minimum atomic E-state index is -4.60. The topological polar surface area (TPSA) is 0 Å². The molecule has 6 heteroatoms. The van der Waals surface area contributed by atoms with Gasteiger partial charge in [-0.15, -0.1) is 23.2 Å². The first-order valence-corrected chi connectivity index (χ1v) is 4.00. The molecule has 0 bridgehead atoms. The van der Waals surface area contributed by atoms with Crippen LogP contribution in [0.3, 0.4) is 0 Å². The quantitative estimate of drug-likeness (QED) is 0.474. The van der Waals surface area contributed by atoms with Crippen LogP contribution in [0.4, 0.5) is 17.6 Å². The summed E-state index contributed by atoms with van der Waals surface area (Å²) in [5, 5.41) is -2.04. The Morgan fingerprint density at radius 2 is 1.42 bits per heavy atom. The van der Waals surface area contributed by atoms with Gasteiger partial charge in [-0.1, -0.05) is 0 Å². The van der Waals surface area contributed by atoms with Crippen LogP contribution in [-0.2, 0) is 0 Å². The number of hydrogen-bond donors (Lipinski definition) is 0. The Hall–Kier alpha value is 0.300. The number of rotatable bonds is 1. The minimum Gasteiger partial charge on any atom is -0.249 e. The van der Waals surface area contributed by atoms with Crippen LogP contribution in [0.15, 0.2) is 0 Å². The Balaban J connectivity index is 0. The molecule has 0 aliphatic carbocycles. The summed E-state index contributed by atoms with van der Waals surface area (Å²) in [6.07, 6.45) is -4.60. The Labute approximate surface area is 78.8 Å². The first kappa shape index (κ1) is 14.8. The summed E-state index contributed by atoms with van der Waals surface area (Å²) in [7, 11) is 0. The first-order chi connectivity index (χ1) is 5.21. The van der Waals surface area contributed by atoms with E-state index >= 15 is 0 Å². The van der Waals surface area contributed by atoms with Crippen LogP contribution in [0.25, 0.3) is 0 Å². The molecule has 0 rings (SSSR count). The molecule has 0 fully saturated rings. The maximum Gasteiger partial charge on any atom is 0.407 e. The molecule has 1 atom stereocenters. The fraction of sp³-hybridized carbons (Fsp3) is 1.00. The third-order valence-corrected chi connectivity index (χ3v) is 0.855. The summed E-state index contributed by atoms with van der Waals surface area (Å²) in [6, 6.07) is 0. The van der Waals surface area contributed by atoms with E-state index < -0.39 is 18.2 Å². The van der Waals surface area contributed by atoms with Crippen molar-refractivity contribution in [3.8, 4) is 0 Å². The molecular weight excluding hydrogens is 219 g/mol. The highest BCUT2D eigenvalue weighted by atomic mass is 35.5. The predicted molar refractivity (Wildman–Crippen MR) is 42.7 cm³/mol. The van der Waals surface area contributed by atoms with Gasteiger partial charge in [0.2, 0.25) is 0 Å². The Bertz CT molecular complexity index is 99.5. The summed E-state index contributed by atoms with van der Waals surface area (Å²) < 4.78 is 44.3. The SMILES string of the molecule is CC(C)Cl.FCC(Cl)C(F)(F)F. The molecule has 0 spiro atoms. The van der Waals surface area contributed by atoms with Crippen molar-refractivity contribution >= 4 is 23.2 Å². The van der Waals surface area contributed by atoms with Gasteiger partial charge in [-0.05, 0) is 13.8 Å². The normalized spacial score (nSPS) is 13.8. The van der Waals surface area contributed by atoms with Crippen molar-refractivity contribution < 1.29 is 17.6 Å². The third-order valence-electron chi connectivity index (χ3n) is 0.491. The Morgan fingerprint density at radius 3 is 1.42 bits per heavy atom. The fourth-order valence-corrected chi connectivity index (χ4v) is 0.0875. The molecule has 0 aromatic rings. The summed E-state index contributed by atoms with van der Waals surface area (Å²) in [5.41, 5.74) is 0. The highest BCUT2D eigenvalue weighted by Crippen LogP contribution is 2.24. The van der Waals surface area contributed by atoms with E-state index in [0.717, 1.165) is 0 Å². The van der Waals surface area contributed by atoms with Gasteiger partial charge in [-0.2, -0.15) is 13.2 Å². The van der Waals surface area contributed by atoms with Crippen LogP contribution in [-0.4, -0.2) is 23.6 Å². The lowest BCUT2D eigenvalue weighted by atomic mass is 10.5. The predicted octanol–water partition coefficient (Wildman–Crippen LogP) is 3.76. The highest BCUT2D eigenvalue weighted by molar-refractivity contribution is 6.21. The van der Waals surface area contributed by atoms with Crippen molar-refractivity contribution in [3.05, 3.63) is 0 Å². The smallest absolute Gasteiger partial charge is 0.249 e. The average Bonchev–Trinajstić information content (AvgIpc) is 1.82. The number of alkyl halides is 6. The van der Waals surface area contributed by atoms with Gasteiger partial charge in [0, 0.05) is 5.38 Å². The van der Waals surface area contributed by atoms with Crippen LogP contribution < -0.4 is 0 Å². The zero-order valence-corrected chi connectivity index (χ0v) is 8.14. The number of hydrogen-bond acceptors (Lipinski definition) is 0. The van der Waals surface area contributed by atoms with Crippen molar-refractivity contribution in [2.75, 3.05) is 6.67 Å². The van der Waals surface area contributed by atoms with E-state index in [1.54, 1.807) is 0 Å². The molecule has 0 heterocycles. The zero-order chi connectivity index (χ0) is 10.4. The molecule has 12 heavy (non-hydrogen) atoms. The third kappa shape index (κ3) is 12.9. The maximum absolute atomic E-state index is 11.1. The summed E-state index contributed by atoms with van der Waals surface area (Å²) in [6.45, 7) is 2.30. The van der Waals surface area contributed by atoms with Gasteiger partial charge in [-0.3, -0.25) is 0 Å². The van der Waals surface area contributed by atoms with Crippen LogP contribution in [0, 0.1) is 0 Å². The van der Waals surface area contributed by atoms with Crippen LogP contribution >= 0.6 is 23.2 Å². The van der Waals surface area contributed by atoms with E-state index in [-0.39, 0.29) is 0 Å². The fourth-order valence-electron chi connectivity index (χ4n) is 0.0875. The zero-order valence-electron chi connectivity index (χ0n) is 6.63. The van der Waals surface area contributed by atoms with Crippen molar-refractivity contribution in [2.24, 2.45) is 0 Å².